The Bertz CT molecular complexity index is 1140. The number of hydrogen-bond acceptors (Lipinski definition) is 4. The van der Waals surface area contributed by atoms with Gasteiger partial charge in [-0.2, -0.15) is 26.3 Å². The molecule has 5 rings (SSSR count). The van der Waals surface area contributed by atoms with E-state index in [1.54, 1.807) is 0 Å². The first-order valence-electron chi connectivity index (χ1n) is 15.2. The van der Waals surface area contributed by atoms with Crippen LogP contribution in [0.1, 0.15) is 72.6 Å². The first-order chi connectivity index (χ1) is 19.4. The number of amides is 4. The minimum absolute atomic E-state index is 0.0422. The highest BCUT2D eigenvalue weighted by Crippen LogP contribution is 2.67. The van der Waals surface area contributed by atoms with Gasteiger partial charge in [0, 0.05) is 13.1 Å². The lowest BCUT2D eigenvalue weighted by atomic mass is 9.54. The third-order valence-corrected chi connectivity index (χ3v) is 12.2. The lowest BCUT2D eigenvalue weighted by molar-refractivity contribution is -0.383. The number of rotatable bonds is 3. The minimum Gasteiger partial charge on any atom is -0.285 e. The maximum Gasteiger partial charge on any atom is 0.403 e. The Balaban J connectivity index is 1.49. The van der Waals surface area contributed by atoms with Crippen LogP contribution in [0.25, 0.3) is 0 Å². The highest BCUT2D eigenvalue weighted by Gasteiger charge is 2.78. The van der Waals surface area contributed by atoms with Crippen LogP contribution in [0.3, 0.4) is 0 Å². The predicted molar refractivity (Wildman–Crippen MR) is 138 cm³/mol. The second kappa shape index (κ2) is 10.2. The van der Waals surface area contributed by atoms with Crippen LogP contribution >= 0.6 is 0 Å². The van der Waals surface area contributed by atoms with E-state index in [9.17, 15) is 19.2 Å². The quantitative estimate of drug-likeness (QED) is 0.299. The van der Waals surface area contributed by atoms with E-state index in [0.29, 0.717) is 5.92 Å². The zero-order chi connectivity index (χ0) is 31.3. The normalized spacial score (nSPS) is 41.8. The number of fused-ring (bicyclic) bond motifs is 2. The fraction of sp³-hybridized carbons (Fsp3) is 0.867. The molecule has 0 spiro atoms. The van der Waals surface area contributed by atoms with E-state index in [0.717, 1.165) is 11.3 Å². The fourth-order valence-corrected chi connectivity index (χ4v) is 9.87. The molecule has 0 aromatic rings. The van der Waals surface area contributed by atoms with Crippen LogP contribution in [0.5, 0.6) is 0 Å². The smallest absolute Gasteiger partial charge is 0.285 e. The van der Waals surface area contributed by atoms with Gasteiger partial charge in [-0.05, 0) is 80.5 Å². The molecule has 5 fully saturated rings. The van der Waals surface area contributed by atoms with Crippen molar-refractivity contribution < 1.29 is 45.5 Å². The van der Waals surface area contributed by atoms with Gasteiger partial charge in [-0.1, -0.05) is 27.7 Å². The Morgan fingerprint density at radius 3 is 1.50 bits per heavy atom. The van der Waals surface area contributed by atoms with Gasteiger partial charge in [-0.15, -0.1) is 0 Å². The number of halogens is 6. The van der Waals surface area contributed by atoms with Gasteiger partial charge in [0.2, 0.25) is 23.6 Å². The van der Waals surface area contributed by atoms with Gasteiger partial charge in [-0.25, -0.2) is 0 Å². The highest BCUT2D eigenvalue weighted by molar-refractivity contribution is 6.06. The average molecular weight is 607 g/mol. The molecule has 0 aromatic carbocycles. The Kier molecular flexibility index (Phi) is 7.61. The molecule has 4 amide bonds. The van der Waals surface area contributed by atoms with Crippen molar-refractivity contribution in [3.8, 4) is 0 Å². The molecule has 5 aliphatic rings. The summed E-state index contributed by atoms with van der Waals surface area (Å²) < 4.78 is 90.3. The number of likely N-dealkylation sites (tertiary alicyclic amines) is 2. The van der Waals surface area contributed by atoms with Crippen molar-refractivity contribution >= 4 is 23.6 Å². The topological polar surface area (TPSA) is 74.8 Å². The van der Waals surface area contributed by atoms with Gasteiger partial charge in [0.15, 0.2) is 5.41 Å². The molecule has 2 saturated heterocycles. The first-order valence-corrected chi connectivity index (χ1v) is 15.2. The molecule has 0 radical (unpaired) electrons. The van der Waals surface area contributed by atoms with Gasteiger partial charge in [0.05, 0.1) is 23.7 Å². The van der Waals surface area contributed by atoms with E-state index in [1.165, 1.54) is 11.9 Å². The van der Waals surface area contributed by atoms with Crippen LogP contribution in [0.2, 0.25) is 0 Å². The summed E-state index contributed by atoms with van der Waals surface area (Å²) in [7, 11) is 1.20. The first kappa shape index (κ1) is 31.3. The van der Waals surface area contributed by atoms with Crippen LogP contribution in [0.4, 0.5) is 26.3 Å². The molecular formula is C30H40F6N2O4. The van der Waals surface area contributed by atoms with Crippen LogP contribution in [-0.4, -0.2) is 58.9 Å². The van der Waals surface area contributed by atoms with Crippen molar-refractivity contribution in [2.75, 3.05) is 7.05 Å². The standard InChI is InChI=1S/C30H40F6N2O4/c1-13-10-14(2)23(16(4)15(13)3)38-26(41)20-9-7-18(12-22(20)27(38)42)28(29(31,32)33,30(34,35)36)17-6-8-19-21(11-17)25(40)37(5)24(19)39/h13-23H,6-12H2,1-5H3. The van der Waals surface area contributed by atoms with Gasteiger partial charge in [-0.3, -0.25) is 29.0 Å². The Morgan fingerprint density at radius 1 is 0.571 bits per heavy atom. The molecular weight excluding hydrogens is 566 g/mol. The van der Waals surface area contributed by atoms with Crippen LogP contribution in [0, 0.1) is 64.6 Å². The van der Waals surface area contributed by atoms with E-state index in [2.05, 4.69) is 6.92 Å². The van der Waals surface area contributed by atoms with Crippen LogP contribution in [0.15, 0.2) is 0 Å². The summed E-state index contributed by atoms with van der Waals surface area (Å²) in [6.45, 7) is 8.03. The summed E-state index contributed by atoms with van der Waals surface area (Å²) in [6.07, 6.45) is -13.6. The number of alkyl halides is 6. The molecule has 42 heavy (non-hydrogen) atoms. The second-order valence-corrected chi connectivity index (χ2v) is 14.0. The SMILES string of the molecule is CC1CC(C)C(N2C(=O)C3CCC(C(C4CCC5C(=O)N(C)C(=O)C5C4)(C(F)(F)F)C(F)(F)F)CC3C2=O)C(C)C1C. The molecule has 3 aliphatic carbocycles. The van der Waals surface area contributed by atoms with Gasteiger partial charge in [0.1, 0.15) is 0 Å². The number of carbonyl (C=O) groups is 4. The van der Waals surface area contributed by atoms with E-state index in [-0.39, 0.29) is 30.6 Å². The molecule has 6 nitrogen and oxygen atoms in total. The van der Waals surface area contributed by atoms with Crippen LogP contribution < -0.4 is 0 Å². The summed E-state index contributed by atoms with van der Waals surface area (Å²) in [6, 6.07) is -0.451. The lowest BCUT2D eigenvalue weighted by Gasteiger charge is -2.52. The monoisotopic (exact) mass is 606 g/mol. The Morgan fingerprint density at radius 2 is 1.00 bits per heavy atom. The van der Waals surface area contributed by atoms with Crippen LogP contribution in [-0.2, 0) is 19.2 Å². The minimum atomic E-state index is -5.72. The van der Waals surface area contributed by atoms with Gasteiger partial charge in [0.25, 0.3) is 0 Å². The number of imide groups is 2. The number of carbonyl (C=O) groups excluding carboxylic acids is 4. The Labute approximate surface area is 241 Å². The molecule has 236 valence electrons. The van der Waals surface area contributed by atoms with Crippen molar-refractivity contribution in [3.05, 3.63) is 0 Å². The van der Waals surface area contributed by atoms with Crippen molar-refractivity contribution in [1.29, 1.82) is 0 Å². The van der Waals surface area contributed by atoms with E-state index in [4.69, 9.17) is 0 Å². The average Bonchev–Trinajstić information content (AvgIpc) is 3.26. The van der Waals surface area contributed by atoms with Crippen molar-refractivity contribution in [2.45, 2.75) is 91.0 Å². The third-order valence-electron chi connectivity index (χ3n) is 12.2. The number of hydrogen-bond donors (Lipinski definition) is 0. The fourth-order valence-electron chi connectivity index (χ4n) is 9.87. The molecule has 2 heterocycles. The van der Waals surface area contributed by atoms with Gasteiger partial charge < -0.3 is 0 Å². The summed E-state index contributed by atoms with van der Waals surface area (Å²) in [4.78, 5) is 54.5. The summed E-state index contributed by atoms with van der Waals surface area (Å²) >= 11 is 0. The highest BCUT2D eigenvalue weighted by atomic mass is 19.4. The maximum atomic E-state index is 15.1. The summed E-state index contributed by atoms with van der Waals surface area (Å²) in [5.41, 5.74) is -4.16. The van der Waals surface area contributed by atoms with E-state index >= 15 is 26.3 Å². The maximum absolute atomic E-state index is 15.1. The van der Waals surface area contributed by atoms with E-state index < -0.39 is 109 Å². The molecule has 11 atom stereocenters. The molecule has 3 saturated carbocycles. The Hall–Kier alpha value is -2.14. The van der Waals surface area contributed by atoms with Crippen molar-refractivity contribution in [2.24, 2.45) is 64.6 Å². The summed E-state index contributed by atoms with van der Waals surface area (Å²) in [5, 5.41) is 0. The molecule has 0 bridgehead atoms. The largest absolute Gasteiger partial charge is 0.403 e. The molecule has 12 heteroatoms. The zero-order valence-corrected chi connectivity index (χ0v) is 24.6. The molecule has 0 N–H and O–H groups in total. The number of nitrogens with zero attached hydrogens (tertiary/aromatic N) is 2. The molecule has 2 aliphatic heterocycles. The van der Waals surface area contributed by atoms with Crippen molar-refractivity contribution in [3.63, 3.8) is 0 Å². The third kappa shape index (κ3) is 4.26. The molecule has 11 unspecified atom stereocenters. The van der Waals surface area contributed by atoms with E-state index in [1.807, 2.05) is 20.8 Å². The predicted octanol–water partition coefficient (Wildman–Crippen LogP) is 5.85. The van der Waals surface area contributed by atoms with Crippen molar-refractivity contribution in [1.82, 2.24) is 9.80 Å². The van der Waals surface area contributed by atoms with Gasteiger partial charge >= 0.3 is 12.4 Å². The zero-order valence-electron chi connectivity index (χ0n) is 24.6. The lowest BCUT2D eigenvalue weighted by Crippen LogP contribution is -2.61. The second-order valence-electron chi connectivity index (χ2n) is 14.0. The summed E-state index contributed by atoms with van der Waals surface area (Å²) in [5.74, 6) is -10.3. The molecule has 0 aromatic heterocycles.